The molecule has 0 saturated heterocycles. The van der Waals surface area contributed by atoms with Gasteiger partial charge in [-0.2, -0.15) is 0 Å². The highest BCUT2D eigenvalue weighted by atomic mass is 16.1. The summed E-state index contributed by atoms with van der Waals surface area (Å²) in [4.78, 5) is 12.4. The van der Waals surface area contributed by atoms with E-state index < -0.39 is 0 Å². The van der Waals surface area contributed by atoms with Gasteiger partial charge in [0.15, 0.2) is 0 Å². The van der Waals surface area contributed by atoms with Crippen LogP contribution in [0, 0.1) is 18.8 Å². The van der Waals surface area contributed by atoms with E-state index in [1.807, 2.05) is 25.1 Å². The van der Waals surface area contributed by atoms with Crippen molar-refractivity contribution in [1.82, 2.24) is 5.32 Å². The highest BCUT2D eigenvalue weighted by Gasteiger charge is 2.42. The highest BCUT2D eigenvalue weighted by molar-refractivity contribution is 6.00. The minimum atomic E-state index is 0.000417. The van der Waals surface area contributed by atoms with Crippen molar-refractivity contribution < 1.29 is 4.79 Å². The van der Waals surface area contributed by atoms with Crippen molar-refractivity contribution in [2.24, 2.45) is 17.7 Å². The number of rotatable bonds is 5. The summed E-state index contributed by atoms with van der Waals surface area (Å²) in [6, 6.07) is 6.07. The molecule has 0 bridgehead atoms. The van der Waals surface area contributed by atoms with Crippen LogP contribution in [-0.2, 0) is 0 Å². The van der Waals surface area contributed by atoms with Gasteiger partial charge in [-0.05, 0) is 56.6 Å². The van der Waals surface area contributed by atoms with Crippen LogP contribution in [0.25, 0.3) is 0 Å². The van der Waals surface area contributed by atoms with E-state index in [1.165, 1.54) is 25.7 Å². The van der Waals surface area contributed by atoms with E-state index in [2.05, 4.69) is 10.7 Å². The number of hydrogen-bond donors (Lipinski definition) is 3. The van der Waals surface area contributed by atoms with Gasteiger partial charge in [-0.1, -0.05) is 11.6 Å². The van der Waals surface area contributed by atoms with Crippen LogP contribution in [0.1, 0.15) is 41.6 Å². The lowest BCUT2D eigenvalue weighted by molar-refractivity contribution is 0.0927. The molecule has 0 atom stereocenters. The topological polar surface area (TPSA) is 67.1 Å². The zero-order valence-electron chi connectivity index (χ0n) is 11.3. The van der Waals surface area contributed by atoms with E-state index in [0.29, 0.717) is 29.1 Å². The lowest BCUT2D eigenvalue weighted by Crippen LogP contribution is -2.38. The molecule has 0 aliphatic heterocycles. The molecule has 1 aromatic rings. The number of amides is 1. The van der Waals surface area contributed by atoms with Crippen LogP contribution in [0.15, 0.2) is 18.2 Å². The van der Waals surface area contributed by atoms with Crippen LogP contribution in [0.3, 0.4) is 0 Å². The fourth-order valence-corrected chi connectivity index (χ4v) is 2.73. The van der Waals surface area contributed by atoms with Gasteiger partial charge in [0.2, 0.25) is 0 Å². The molecule has 2 aliphatic carbocycles. The Kier molecular flexibility index (Phi) is 3.19. The molecule has 0 unspecified atom stereocenters. The van der Waals surface area contributed by atoms with Crippen molar-refractivity contribution in [1.29, 1.82) is 0 Å². The van der Waals surface area contributed by atoms with E-state index in [4.69, 9.17) is 5.84 Å². The maximum absolute atomic E-state index is 12.4. The maximum atomic E-state index is 12.4. The Morgan fingerprint density at radius 1 is 1.26 bits per heavy atom. The Morgan fingerprint density at radius 2 is 1.89 bits per heavy atom. The zero-order chi connectivity index (χ0) is 13.4. The fraction of sp³-hybridized carbons (Fsp3) is 0.533. The van der Waals surface area contributed by atoms with Gasteiger partial charge in [0.25, 0.3) is 5.91 Å². The molecule has 2 saturated carbocycles. The van der Waals surface area contributed by atoms with Crippen LogP contribution in [-0.4, -0.2) is 11.9 Å². The minimum Gasteiger partial charge on any atom is -0.349 e. The first kappa shape index (κ1) is 12.5. The Balaban J connectivity index is 1.77. The number of anilines is 1. The predicted octanol–water partition coefficient (Wildman–Crippen LogP) is 2.20. The van der Waals surface area contributed by atoms with Crippen molar-refractivity contribution in [2.45, 2.75) is 38.6 Å². The number of nitrogen functional groups attached to an aromatic ring is 1. The molecule has 19 heavy (non-hydrogen) atoms. The first-order valence-corrected chi connectivity index (χ1v) is 7.07. The quantitative estimate of drug-likeness (QED) is 0.561. The van der Waals surface area contributed by atoms with E-state index >= 15 is 0 Å². The molecule has 3 rings (SSSR count). The number of carbonyl (C=O) groups excluding carboxylic acids is 1. The van der Waals surface area contributed by atoms with E-state index in [9.17, 15) is 4.79 Å². The van der Waals surface area contributed by atoms with Crippen LogP contribution in [0.2, 0.25) is 0 Å². The zero-order valence-corrected chi connectivity index (χ0v) is 11.3. The largest absolute Gasteiger partial charge is 0.349 e. The number of nitrogens with one attached hydrogen (secondary N) is 2. The van der Waals surface area contributed by atoms with Crippen LogP contribution < -0.4 is 16.6 Å². The predicted molar refractivity (Wildman–Crippen MR) is 75.7 cm³/mol. The van der Waals surface area contributed by atoms with Gasteiger partial charge in [0.1, 0.15) is 0 Å². The Bertz CT molecular complexity index is 480. The van der Waals surface area contributed by atoms with Crippen molar-refractivity contribution >= 4 is 11.6 Å². The van der Waals surface area contributed by atoms with Crippen LogP contribution in [0.5, 0.6) is 0 Å². The SMILES string of the molecule is Cc1ccc(NN)c(C(=O)NC(C2CC2)C2CC2)c1. The molecule has 0 radical (unpaired) electrons. The van der Waals surface area contributed by atoms with Gasteiger partial charge in [-0.25, -0.2) is 0 Å². The summed E-state index contributed by atoms with van der Waals surface area (Å²) in [6.45, 7) is 1.98. The van der Waals surface area contributed by atoms with Crippen LogP contribution >= 0.6 is 0 Å². The summed E-state index contributed by atoms with van der Waals surface area (Å²) in [5.74, 6) is 6.89. The molecule has 0 aromatic heterocycles. The van der Waals surface area contributed by atoms with Crippen molar-refractivity contribution in [2.75, 3.05) is 5.43 Å². The number of benzene rings is 1. The average Bonchev–Trinajstić information content (AvgIpc) is 3.29. The van der Waals surface area contributed by atoms with Gasteiger partial charge in [-0.3, -0.25) is 10.6 Å². The van der Waals surface area contributed by atoms with E-state index in [-0.39, 0.29) is 5.91 Å². The third kappa shape index (κ3) is 2.73. The van der Waals surface area contributed by atoms with Crippen molar-refractivity contribution in [3.63, 3.8) is 0 Å². The molecular weight excluding hydrogens is 238 g/mol. The first-order chi connectivity index (χ1) is 9.19. The van der Waals surface area contributed by atoms with Crippen molar-refractivity contribution in [3.05, 3.63) is 29.3 Å². The molecule has 1 aromatic carbocycles. The molecule has 1 amide bonds. The fourth-order valence-electron chi connectivity index (χ4n) is 2.73. The molecule has 2 fully saturated rings. The van der Waals surface area contributed by atoms with E-state index in [0.717, 1.165) is 5.56 Å². The normalized spacial score (nSPS) is 18.5. The molecule has 4 heteroatoms. The van der Waals surface area contributed by atoms with Gasteiger partial charge >= 0.3 is 0 Å². The second kappa shape index (κ2) is 4.85. The first-order valence-electron chi connectivity index (χ1n) is 7.07. The van der Waals surface area contributed by atoms with Gasteiger partial charge in [-0.15, -0.1) is 0 Å². The standard InChI is InChI=1S/C15H21N3O/c1-9-2-7-13(18-16)12(8-9)15(19)17-14(10-3-4-10)11-5-6-11/h2,7-8,10-11,14,18H,3-6,16H2,1H3,(H,17,19). The molecule has 4 nitrogen and oxygen atoms in total. The second-order valence-electron chi connectivity index (χ2n) is 5.87. The second-order valence-corrected chi connectivity index (χ2v) is 5.87. The molecule has 2 aliphatic rings. The summed E-state index contributed by atoms with van der Waals surface area (Å²) in [5, 5.41) is 3.22. The monoisotopic (exact) mass is 259 g/mol. The molecule has 0 heterocycles. The number of hydrazine groups is 1. The number of carbonyl (C=O) groups is 1. The maximum Gasteiger partial charge on any atom is 0.253 e. The van der Waals surface area contributed by atoms with Gasteiger partial charge in [0.05, 0.1) is 11.3 Å². The lowest BCUT2D eigenvalue weighted by atomic mass is 10.0. The third-order valence-corrected chi connectivity index (χ3v) is 4.13. The number of aryl methyl sites for hydroxylation is 1. The molecule has 4 N–H and O–H groups in total. The average molecular weight is 259 g/mol. The lowest BCUT2D eigenvalue weighted by Gasteiger charge is -2.19. The summed E-state index contributed by atoms with van der Waals surface area (Å²) in [6.07, 6.45) is 5.04. The summed E-state index contributed by atoms with van der Waals surface area (Å²) in [5.41, 5.74) is 5.01. The Hall–Kier alpha value is -1.55. The summed E-state index contributed by atoms with van der Waals surface area (Å²) < 4.78 is 0. The molecular formula is C15H21N3O. The van der Waals surface area contributed by atoms with Gasteiger partial charge in [0, 0.05) is 6.04 Å². The molecule has 102 valence electrons. The summed E-state index contributed by atoms with van der Waals surface area (Å²) in [7, 11) is 0. The Labute approximate surface area is 113 Å². The summed E-state index contributed by atoms with van der Waals surface area (Å²) >= 11 is 0. The third-order valence-electron chi connectivity index (χ3n) is 4.13. The Morgan fingerprint density at radius 3 is 2.42 bits per heavy atom. The van der Waals surface area contributed by atoms with Gasteiger partial charge < -0.3 is 10.7 Å². The van der Waals surface area contributed by atoms with Crippen molar-refractivity contribution in [3.8, 4) is 0 Å². The van der Waals surface area contributed by atoms with E-state index in [1.54, 1.807) is 0 Å². The number of hydrogen-bond acceptors (Lipinski definition) is 3. The smallest absolute Gasteiger partial charge is 0.253 e. The number of nitrogens with two attached hydrogens (primary N) is 1. The molecule has 0 spiro atoms. The minimum absolute atomic E-state index is 0.000417. The highest BCUT2D eigenvalue weighted by Crippen LogP contribution is 2.44. The van der Waals surface area contributed by atoms with Crippen LogP contribution in [0.4, 0.5) is 5.69 Å².